The Bertz CT molecular complexity index is 495. The van der Waals surface area contributed by atoms with E-state index in [0.29, 0.717) is 6.04 Å². The second-order valence-electron chi connectivity index (χ2n) is 5.03. The SMILES string of the molecule is CCCNC(CCCc1ccccc1)c1ccc(Cl)s1. The van der Waals surface area contributed by atoms with Gasteiger partial charge in [0.15, 0.2) is 0 Å². The maximum absolute atomic E-state index is 6.06. The topological polar surface area (TPSA) is 12.0 Å². The highest BCUT2D eigenvalue weighted by atomic mass is 35.5. The Morgan fingerprint density at radius 2 is 1.95 bits per heavy atom. The minimum atomic E-state index is 0.441. The van der Waals surface area contributed by atoms with Crippen molar-refractivity contribution in [3.63, 3.8) is 0 Å². The number of benzene rings is 1. The van der Waals surface area contributed by atoms with Crippen LogP contribution >= 0.6 is 22.9 Å². The van der Waals surface area contributed by atoms with E-state index in [1.165, 1.54) is 16.9 Å². The minimum Gasteiger partial charge on any atom is -0.309 e. The molecule has 1 N–H and O–H groups in total. The van der Waals surface area contributed by atoms with Crippen LogP contribution in [0.2, 0.25) is 4.34 Å². The Kier molecular flexibility index (Phi) is 6.58. The molecule has 1 aromatic heterocycles. The predicted octanol–water partition coefficient (Wildman–Crippen LogP) is 5.47. The van der Waals surface area contributed by atoms with Gasteiger partial charge in [0.2, 0.25) is 0 Å². The maximum Gasteiger partial charge on any atom is 0.0931 e. The van der Waals surface area contributed by atoms with Crippen LogP contribution in [0.25, 0.3) is 0 Å². The zero-order valence-electron chi connectivity index (χ0n) is 11.9. The zero-order valence-corrected chi connectivity index (χ0v) is 13.5. The highest BCUT2D eigenvalue weighted by Gasteiger charge is 2.12. The van der Waals surface area contributed by atoms with Crippen LogP contribution in [0.5, 0.6) is 0 Å². The number of nitrogens with one attached hydrogen (secondary N) is 1. The molecule has 1 unspecified atom stereocenters. The van der Waals surface area contributed by atoms with E-state index >= 15 is 0 Å². The fourth-order valence-electron chi connectivity index (χ4n) is 2.33. The summed E-state index contributed by atoms with van der Waals surface area (Å²) in [5.41, 5.74) is 1.42. The van der Waals surface area contributed by atoms with Crippen molar-refractivity contribution in [1.82, 2.24) is 5.32 Å². The molecule has 0 aliphatic rings. The van der Waals surface area contributed by atoms with Crippen molar-refractivity contribution in [3.05, 3.63) is 57.2 Å². The molecule has 2 rings (SSSR count). The summed E-state index contributed by atoms with van der Waals surface area (Å²) in [4.78, 5) is 1.36. The first-order chi connectivity index (χ1) is 9.79. The lowest BCUT2D eigenvalue weighted by Gasteiger charge is -2.17. The van der Waals surface area contributed by atoms with Crippen LogP contribution in [-0.4, -0.2) is 6.54 Å². The van der Waals surface area contributed by atoms with Crippen LogP contribution < -0.4 is 5.32 Å². The van der Waals surface area contributed by atoms with Gasteiger partial charge in [-0.1, -0.05) is 48.9 Å². The normalized spacial score (nSPS) is 12.5. The summed E-state index contributed by atoms with van der Waals surface area (Å²) in [5.74, 6) is 0. The number of aryl methyl sites for hydroxylation is 1. The molecule has 0 radical (unpaired) electrons. The van der Waals surface area contributed by atoms with Crippen molar-refractivity contribution in [2.24, 2.45) is 0 Å². The third-order valence-corrected chi connectivity index (χ3v) is 4.72. The Morgan fingerprint density at radius 1 is 1.15 bits per heavy atom. The molecule has 108 valence electrons. The third-order valence-electron chi connectivity index (χ3n) is 3.38. The van der Waals surface area contributed by atoms with Crippen molar-refractivity contribution in [2.75, 3.05) is 6.54 Å². The maximum atomic E-state index is 6.06. The molecular weight excluding hydrogens is 286 g/mol. The molecule has 0 fully saturated rings. The van der Waals surface area contributed by atoms with Crippen LogP contribution in [0.4, 0.5) is 0 Å². The highest BCUT2D eigenvalue weighted by molar-refractivity contribution is 7.16. The van der Waals surface area contributed by atoms with E-state index in [4.69, 9.17) is 11.6 Å². The molecule has 1 nitrogen and oxygen atoms in total. The highest BCUT2D eigenvalue weighted by Crippen LogP contribution is 2.29. The first-order valence-corrected chi connectivity index (χ1v) is 8.51. The van der Waals surface area contributed by atoms with Crippen molar-refractivity contribution < 1.29 is 0 Å². The van der Waals surface area contributed by atoms with Crippen molar-refractivity contribution in [1.29, 1.82) is 0 Å². The molecule has 2 aromatic rings. The Balaban J connectivity index is 1.87. The lowest BCUT2D eigenvalue weighted by atomic mass is 10.0. The summed E-state index contributed by atoms with van der Waals surface area (Å²) in [6.45, 7) is 3.26. The molecule has 0 aliphatic carbocycles. The average Bonchev–Trinajstić information content (AvgIpc) is 2.90. The summed E-state index contributed by atoms with van der Waals surface area (Å²) in [6.07, 6.45) is 4.66. The van der Waals surface area contributed by atoms with E-state index < -0.39 is 0 Å². The van der Waals surface area contributed by atoms with Crippen molar-refractivity contribution in [3.8, 4) is 0 Å². The Morgan fingerprint density at radius 3 is 2.60 bits per heavy atom. The fraction of sp³-hybridized carbons (Fsp3) is 0.412. The molecule has 3 heteroatoms. The molecule has 0 bridgehead atoms. The first-order valence-electron chi connectivity index (χ1n) is 7.32. The molecule has 20 heavy (non-hydrogen) atoms. The van der Waals surface area contributed by atoms with Gasteiger partial charge in [0.1, 0.15) is 0 Å². The van der Waals surface area contributed by atoms with E-state index in [0.717, 1.165) is 30.1 Å². The van der Waals surface area contributed by atoms with Crippen LogP contribution in [0, 0.1) is 0 Å². The second kappa shape index (κ2) is 8.46. The molecule has 0 amide bonds. The van der Waals surface area contributed by atoms with Gasteiger partial charge in [0.25, 0.3) is 0 Å². The number of rotatable bonds is 8. The van der Waals surface area contributed by atoms with Gasteiger partial charge < -0.3 is 5.32 Å². The van der Waals surface area contributed by atoms with Gasteiger partial charge >= 0.3 is 0 Å². The molecule has 1 aromatic carbocycles. The molecular formula is C17H22ClNS. The Labute approximate surface area is 131 Å². The van der Waals surface area contributed by atoms with Gasteiger partial charge in [-0.05, 0) is 49.9 Å². The van der Waals surface area contributed by atoms with E-state index in [1.54, 1.807) is 11.3 Å². The van der Waals surface area contributed by atoms with Crippen LogP contribution in [0.15, 0.2) is 42.5 Å². The summed E-state index contributed by atoms with van der Waals surface area (Å²) in [6, 6.07) is 15.3. The summed E-state index contributed by atoms with van der Waals surface area (Å²) >= 11 is 7.75. The fourth-order valence-corrected chi connectivity index (χ4v) is 3.51. The summed E-state index contributed by atoms with van der Waals surface area (Å²) in [7, 11) is 0. The smallest absolute Gasteiger partial charge is 0.0931 e. The first kappa shape index (κ1) is 15.6. The summed E-state index contributed by atoms with van der Waals surface area (Å²) in [5, 5.41) is 3.64. The molecule has 0 aliphatic heterocycles. The molecule has 0 spiro atoms. The van der Waals surface area contributed by atoms with Gasteiger partial charge in [-0.15, -0.1) is 11.3 Å². The standard InChI is InChI=1S/C17H22ClNS/c1-2-13-19-15(16-11-12-17(18)20-16)10-6-9-14-7-4-3-5-8-14/h3-5,7-8,11-12,15,19H,2,6,9-10,13H2,1H3. The molecule has 1 heterocycles. The average molecular weight is 308 g/mol. The van der Waals surface area contributed by atoms with Crippen LogP contribution in [-0.2, 0) is 6.42 Å². The van der Waals surface area contributed by atoms with E-state index in [-0.39, 0.29) is 0 Å². The number of hydrogen-bond acceptors (Lipinski definition) is 2. The third kappa shape index (κ3) is 4.93. The number of thiophene rings is 1. The summed E-state index contributed by atoms with van der Waals surface area (Å²) < 4.78 is 0.881. The van der Waals surface area contributed by atoms with Gasteiger partial charge in [-0.2, -0.15) is 0 Å². The number of halogens is 1. The zero-order chi connectivity index (χ0) is 14.2. The molecule has 0 saturated carbocycles. The van der Waals surface area contributed by atoms with E-state index in [2.05, 4.69) is 48.6 Å². The lowest BCUT2D eigenvalue weighted by molar-refractivity contribution is 0.490. The monoisotopic (exact) mass is 307 g/mol. The van der Waals surface area contributed by atoms with Crippen molar-refractivity contribution in [2.45, 2.75) is 38.6 Å². The van der Waals surface area contributed by atoms with E-state index in [9.17, 15) is 0 Å². The van der Waals surface area contributed by atoms with Crippen LogP contribution in [0.1, 0.15) is 42.7 Å². The largest absolute Gasteiger partial charge is 0.309 e. The molecule has 0 saturated heterocycles. The second-order valence-corrected chi connectivity index (χ2v) is 6.77. The van der Waals surface area contributed by atoms with E-state index in [1.807, 2.05) is 6.07 Å². The quantitative estimate of drug-likeness (QED) is 0.682. The lowest BCUT2D eigenvalue weighted by Crippen LogP contribution is -2.21. The predicted molar refractivity (Wildman–Crippen MR) is 89.7 cm³/mol. The minimum absolute atomic E-state index is 0.441. The van der Waals surface area contributed by atoms with Gasteiger partial charge in [-0.3, -0.25) is 0 Å². The van der Waals surface area contributed by atoms with Crippen LogP contribution in [0.3, 0.4) is 0 Å². The van der Waals surface area contributed by atoms with Gasteiger partial charge in [-0.25, -0.2) is 0 Å². The van der Waals surface area contributed by atoms with Crippen molar-refractivity contribution >= 4 is 22.9 Å². The number of hydrogen-bond donors (Lipinski definition) is 1. The van der Waals surface area contributed by atoms with Gasteiger partial charge in [0.05, 0.1) is 4.34 Å². The van der Waals surface area contributed by atoms with Gasteiger partial charge in [0, 0.05) is 10.9 Å². The molecule has 1 atom stereocenters. The Hall–Kier alpha value is -0.830.